The number of ether oxygens (including phenoxy) is 1. The first-order chi connectivity index (χ1) is 13.4. The number of rotatable bonds is 7. The van der Waals surface area contributed by atoms with E-state index in [4.69, 9.17) is 9.15 Å². The van der Waals surface area contributed by atoms with Crippen molar-refractivity contribution in [2.24, 2.45) is 0 Å². The van der Waals surface area contributed by atoms with E-state index in [1.165, 1.54) is 36.0 Å². The Morgan fingerprint density at radius 1 is 1.11 bits per heavy atom. The summed E-state index contributed by atoms with van der Waals surface area (Å²) in [6.07, 6.45) is -0.717. The standard InChI is InChI=1S/C19H17N3O5S/c1-12(26-19(23)13(2)28-16-6-4-3-5-7-16)17-20-21-18(27-17)14-8-10-15(11-9-14)22(24)25/h3-13H,1-2H3/t12-,13+/m0/s1. The van der Waals surface area contributed by atoms with Gasteiger partial charge in [0.1, 0.15) is 5.25 Å². The number of thioether (sulfide) groups is 1. The Labute approximate surface area is 165 Å². The zero-order valence-electron chi connectivity index (χ0n) is 15.1. The highest BCUT2D eigenvalue weighted by Gasteiger charge is 2.23. The number of carbonyl (C=O) groups excluding carboxylic acids is 1. The molecule has 0 aliphatic heterocycles. The van der Waals surface area contributed by atoms with Crippen molar-refractivity contribution in [2.75, 3.05) is 0 Å². The first-order valence-corrected chi connectivity index (χ1v) is 9.32. The number of nitro groups is 1. The van der Waals surface area contributed by atoms with Gasteiger partial charge in [-0.05, 0) is 38.1 Å². The number of aromatic nitrogens is 2. The third kappa shape index (κ3) is 4.74. The molecule has 144 valence electrons. The highest BCUT2D eigenvalue weighted by atomic mass is 32.2. The molecule has 0 fully saturated rings. The van der Waals surface area contributed by atoms with Gasteiger partial charge in [-0.3, -0.25) is 14.9 Å². The topological polar surface area (TPSA) is 108 Å². The van der Waals surface area contributed by atoms with Crippen LogP contribution in [0.5, 0.6) is 0 Å². The molecule has 0 radical (unpaired) electrons. The maximum atomic E-state index is 12.3. The summed E-state index contributed by atoms with van der Waals surface area (Å²) in [5.74, 6) is -0.0467. The monoisotopic (exact) mass is 399 g/mol. The Morgan fingerprint density at radius 3 is 2.43 bits per heavy atom. The van der Waals surface area contributed by atoms with Crippen molar-refractivity contribution in [1.82, 2.24) is 10.2 Å². The van der Waals surface area contributed by atoms with Gasteiger partial charge in [0.25, 0.3) is 11.6 Å². The molecule has 2 atom stereocenters. The predicted octanol–water partition coefficient (Wildman–Crippen LogP) is 4.43. The molecule has 0 aliphatic rings. The molecule has 0 unspecified atom stereocenters. The Balaban J connectivity index is 1.62. The lowest BCUT2D eigenvalue weighted by Gasteiger charge is -2.14. The Kier molecular flexibility index (Phi) is 6.05. The molecular weight excluding hydrogens is 382 g/mol. The number of esters is 1. The Bertz CT molecular complexity index is 959. The van der Waals surface area contributed by atoms with Crippen LogP contribution in [0, 0.1) is 10.1 Å². The van der Waals surface area contributed by atoms with Gasteiger partial charge in [-0.2, -0.15) is 0 Å². The van der Waals surface area contributed by atoms with Gasteiger partial charge in [-0.15, -0.1) is 22.0 Å². The van der Waals surface area contributed by atoms with E-state index in [0.29, 0.717) is 5.56 Å². The molecule has 0 spiro atoms. The molecule has 0 saturated carbocycles. The van der Waals surface area contributed by atoms with Crippen LogP contribution in [0.2, 0.25) is 0 Å². The average molecular weight is 399 g/mol. The van der Waals surface area contributed by atoms with Gasteiger partial charge in [0.15, 0.2) is 6.10 Å². The largest absolute Gasteiger partial charge is 0.452 e. The first-order valence-electron chi connectivity index (χ1n) is 8.44. The van der Waals surface area contributed by atoms with Crippen LogP contribution in [-0.4, -0.2) is 26.3 Å². The maximum absolute atomic E-state index is 12.3. The van der Waals surface area contributed by atoms with Crippen LogP contribution in [0.25, 0.3) is 11.5 Å². The third-order valence-electron chi connectivity index (χ3n) is 3.79. The van der Waals surface area contributed by atoms with Crippen LogP contribution >= 0.6 is 11.8 Å². The number of benzene rings is 2. The average Bonchev–Trinajstić information content (AvgIpc) is 3.19. The van der Waals surface area contributed by atoms with E-state index in [1.54, 1.807) is 13.8 Å². The van der Waals surface area contributed by atoms with Crippen LogP contribution in [0.15, 0.2) is 63.9 Å². The minimum atomic E-state index is -0.717. The zero-order valence-corrected chi connectivity index (χ0v) is 16.0. The number of nitro benzene ring substituents is 1. The van der Waals surface area contributed by atoms with Crippen molar-refractivity contribution in [3.8, 4) is 11.5 Å². The van der Waals surface area contributed by atoms with Crippen LogP contribution in [0.1, 0.15) is 25.8 Å². The number of hydrogen-bond acceptors (Lipinski definition) is 8. The summed E-state index contributed by atoms with van der Waals surface area (Å²) in [6.45, 7) is 3.41. The highest BCUT2D eigenvalue weighted by molar-refractivity contribution is 8.00. The molecular formula is C19H17N3O5S. The molecule has 2 aromatic carbocycles. The highest BCUT2D eigenvalue weighted by Crippen LogP contribution is 2.27. The molecule has 1 heterocycles. The Hall–Kier alpha value is -3.20. The molecule has 8 nitrogen and oxygen atoms in total. The minimum Gasteiger partial charge on any atom is -0.452 e. The summed E-state index contributed by atoms with van der Waals surface area (Å²) in [4.78, 5) is 23.5. The lowest BCUT2D eigenvalue weighted by Crippen LogP contribution is -2.19. The lowest BCUT2D eigenvalue weighted by atomic mass is 10.2. The minimum absolute atomic E-state index is 0.0318. The molecule has 1 aromatic heterocycles. The van der Waals surface area contributed by atoms with E-state index in [9.17, 15) is 14.9 Å². The zero-order chi connectivity index (χ0) is 20.1. The van der Waals surface area contributed by atoms with Gasteiger partial charge >= 0.3 is 5.97 Å². The molecule has 9 heteroatoms. The smallest absolute Gasteiger partial charge is 0.319 e. The quantitative estimate of drug-likeness (QED) is 0.248. The van der Waals surface area contributed by atoms with Gasteiger partial charge in [0.05, 0.1) is 4.92 Å². The molecule has 0 bridgehead atoms. The second-order valence-electron chi connectivity index (χ2n) is 5.90. The number of non-ortho nitro benzene ring substituents is 1. The van der Waals surface area contributed by atoms with Crippen LogP contribution in [0.3, 0.4) is 0 Å². The summed E-state index contributed by atoms with van der Waals surface area (Å²) in [6, 6.07) is 15.3. The van der Waals surface area contributed by atoms with Crippen molar-refractivity contribution in [3.05, 3.63) is 70.6 Å². The summed E-state index contributed by atoms with van der Waals surface area (Å²) in [5, 5.41) is 18.1. The lowest BCUT2D eigenvalue weighted by molar-refractivity contribution is -0.384. The van der Waals surface area contributed by atoms with Gasteiger partial charge in [-0.1, -0.05) is 18.2 Å². The van der Waals surface area contributed by atoms with E-state index in [0.717, 1.165) is 4.90 Å². The van der Waals surface area contributed by atoms with E-state index in [2.05, 4.69) is 10.2 Å². The maximum Gasteiger partial charge on any atom is 0.319 e. The van der Waals surface area contributed by atoms with Gasteiger partial charge < -0.3 is 9.15 Å². The Morgan fingerprint density at radius 2 is 1.79 bits per heavy atom. The molecule has 0 N–H and O–H groups in total. The van der Waals surface area contributed by atoms with Crippen molar-refractivity contribution in [1.29, 1.82) is 0 Å². The van der Waals surface area contributed by atoms with Crippen molar-refractivity contribution >= 4 is 23.4 Å². The van der Waals surface area contributed by atoms with Crippen molar-refractivity contribution < 1.29 is 18.9 Å². The van der Waals surface area contributed by atoms with E-state index in [1.807, 2.05) is 30.3 Å². The predicted molar refractivity (Wildman–Crippen MR) is 103 cm³/mol. The molecule has 0 amide bonds. The molecule has 3 rings (SSSR count). The number of nitrogens with zero attached hydrogens (tertiary/aromatic N) is 3. The molecule has 28 heavy (non-hydrogen) atoms. The SMILES string of the molecule is C[C@H](OC(=O)[C@@H](C)Sc1ccccc1)c1nnc(-c2ccc([N+](=O)[O-])cc2)o1. The van der Waals surface area contributed by atoms with Gasteiger partial charge in [0.2, 0.25) is 5.89 Å². The fourth-order valence-corrected chi connectivity index (χ4v) is 3.19. The number of carbonyl (C=O) groups is 1. The number of hydrogen-bond donors (Lipinski definition) is 0. The fraction of sp³-hybridized carbons (Fsp3) is 0.211. The normalized spacial score (nSPS) is 12.9. The molecule has 0 saturated heterocycles. The van der Waals surface area contributed by atoms with E-state index in [-0.39, 0.29) is 17.5 Å². The third-order valence-corrected chi connectivity index (χ3v) is 4.88. The van der Waals surface area contributed by atoms with Gasteiger partial charge in [0, 0.05) is 22.6 Å². The first kappa shape index (κ1) is 19.6. The van der Waals surface area contributed by atoms with Crippen LogP contribution < -0.4 is 0 Å². The van der Waals surface area contributed by atoms with Crippen LogP contribution in [-0.2, 0) is 9.53 Å². The second kappa shape index (κ2) is 8.66. The summed E-state index contributed by atoms with van der Waals surface area (Å²) < 4.78 is 11.0. The van der Waals surface area contributed by atoms with Gasteiger partial charge in [-0.25, -0.2) is 0 Å². The van der Waals surface area contributed by atoms with E-state index < -0.39 is 22.2 Å². The summed E-state index contributed by atoms with van der Waals surface area (Å²) in [7, 11) is 0. The second-order valence-corrected chi connectivity index (χ2v) is 7.32. The van der Waals surface area contributed by atoms with Crippen molar-refractivity contribution in [2.45, 2.75) is 30.1 Å². The molecule has 3 aromatic rings. The fourth-order valence-electron chi connectivity index (χ4n) is 2.31. The van der Waals surface area contributed by atoms with Crippen molar-refractivity contribution in [3.63, 3.8) is 0 Å². The summed E-state index contributed by atoms with van der Waals surface area (Å²) >= 11 is 1.40. The van der Waals surface area contributed by atoms with E-state index >= 15 is 0 Å². The van der Waals surface area contributed by atoms with Crippen LogP contribution in [0.4, 0.5) is 5.69 Å². The molecule has 0 aliphatic carbocycles. The summed E-state index contributed by atoms with van der Waals surface area (Å²) in [5.41, 5.74) is 0.506.